The fraction of sp³-hybridized carbons (Fsp3) is 0.643. The highest BCUT2D eigenvalue weighted by Gasteiger charge is 2.32. The Morgan fingerprint density at radius 2 is 1.77 bits per heavy atom. The summed E-state index contributed by atoms with van der Waals surface area (Å²) in [5.41, 5.74) is 5.23. The normalized spacial score (nSPS) is 22.6. The van der Waals surface area contributed by atoms with Gasteiger partial charge in [0, 0.05) is 55.9 Å². The van der Waals surface area contributed by atoms with Gasteiger partial charge in [0.25, 0.3) is 0 Å². The summed E-state index contributed by atoms with van der Waals surface area (Å²) in [6.07, 6.45) is 11.1. The molecule has 2 aromatic heterocycles. The third-order valence-corrected chi connectivity index (χ3v) is 8.44. The third kappa shape index (κ3) is 5.12. The Bertz CT molecular complexity index is 1060. The van der Waals surface area contributed by atoms with E-state index in [9.17, 15) is 4.79 Å². The minimum Gasteiger partial charge on any atom is -0.393 e. The van der Waals surface area contributed by atoms with Crippen molar-refractivity contribution in [3.05, 3.63) is 35.0 Å². The van der Waals surface area contributed by atoms with Crippen LogP contribution < -0.4 is 10.1 Å². The highest BCUT2D eigenvalue weighted by atomic mass is 16.6. The number of carbonyl (C=O) groups excluding carboxylic acids is 1. The second kappa shape index (κ2) is 10.7. The Kier molecular flexibility index (Phi) is 7.44. The van der Waals surface area contributed by atoms with Gasteiger partial charge in [-0.25, -0.2) is 9.78 Å². The Morgan fingerprint density at radius 1 is 1.06 bits per heavy atom. The lowest BCUT2D eigenvalue weighted by Gasteiger charge is -2.40. The van der Waals surface area contributed by atoms with E-state index in [1.165, 1.54) is 44.1 Å². The number of amides is 1. The molecule has 3 fully saturated rings. The van der Waals surface area contributed by atoms with Crippen LogP contribution in [0.25, 0.3) is 11.0 Å². The zero-order valence-electron chi connectivity index (χ0n) is 21.7. The average Bonchev–Trinajstić information content (AvgIpc) is 3.51. The van der Waals surface area contributed by atoms with Crippen LogP contribution in [0.4, 0.5) is 4.79 Å². The molecule has 190 valence electrons. The molecule has 0 aromatic carbocycles. The Labute approximate surface area is 209 Å². The fourth-order valence-electron chi connectivity index (χ4n) is 6.41. The molecule has 5 rings (SSSR count). The molecule has 0 bridgehead atoms. The van der Waals surface area contributed by atoms with Crippen molar-refractivity contribution in [2.45, 2.75) is 83.8 Å². The van der Waals surface area contributed by atoms with Crippen molar-refractivity contribution in [3.8, 4) is 5.88 Å². The molecule has 7 heteroatoms. The number of nitrogens with one attached hydrogen (secondary N) is 1. The molecule has 1 aliphatic carbocycles. The van der Waals surface area contributed by atoms with Gasteiger partial charge in [0.05, 0.1) is 0 Å². The third-order valence-electron chi connectivity index (χ3n) is 8.44. The quantitative estimate of drug-likeness (QED) is 0.592. The van der Waals surface area contributed by atoms with Crippen LogP contribution in [0, 0.1) is 0 Å². The van der Waals surface area contributed by atoms with Gasteiger partial charge in [-0.1, -0.05) is 11.1 Å². The molecule has 1 N–H and O–H groups in total. The molecule has 0 radical (unpaired) electrons. The van der Waals surface area contributed by atoms with Crippen LogP contribution in [0.5, 0.6) is 5.88 Å². The first-order chi connectivity index (χ1) is 17.0. The van der Waals surface area contributed by atoms with Gasteiger partial charge in [0.1, 0.15) is 5.65 Å². The number of allylic oxidation sites excluding steroid dienone is 2. The van der Waals surface area contributed by atoms with Crippen LogP contribution in [0.2, 0.25) is 0 Å². The van der Waals surface area contributed by atoms with Gasteiger partial charge in [-0.2, -0.15) is 0 Å². The van der Waals surface area contributed by atoms with E-state index in [4.69, 9.17) is 9.72 Å². The number of nitrogens with zero attached hydrogens (tertiary/aromatic N) is 4. The second-order valence-electron chi connectivity index (χ2n) is 10.8. The fourth-order valence-corrected chi connectivity index (χ4v) is 6.41. The monoisotopic (exact) mass is 479 g/mol. The number of fused-ring (bicyclic) bond motifs is 1. The maximum Gasteiger partial charge on any atom is 0.413 e. The van der Waals surface area contributed by atoms with Crippen LogP contribution in [-0.4, -0.2) is 64.7 Å². The van der Waals surface area contributed by atoms with Gasteiger partial charge in [-0.05, 0) is 90.4 Å². The lowest BCUT2D eigenvalue weighted by Crippen LogP contribution is -2.43. The Hall–Kier alpha value is -2.38. The molecule has 4 heterocycles. The molecule has 0 unspecified atom stereocenters. The maximum atomic E-state index is 12.4. The van der Waals surface area contributed by atoms with E-state index in [1.807, 2.05) is 12.3 Å². The molecule has 3 aliphatic rings. The summed E-state index contributed by atoms with van der Waals surface area (Å²) in [6, 6.07) is 5.12. The van der Waals surface area contributed by atoms with E-state index < -0.39 is 6.09 Å². The molecule has 2 aliphatic heterocycles. The number of hydrogen-bond acceptors (Lipinski definition) is 5. The number of hydrogen-bond donors (Lipinski definition) is 1. The summed E-state index contributed by atoms with van der Waals surface area (Å²) in [5, 5.41) is 3.76. The Morgan fingerprint density at radius 3 is 2.43 bits per heavy atom. The summed E-state index contributed by atoms with van der Waals surface area (Å²) in [7, 11) is 1.62. The van der Waals surface area contributed by atoms with E-state index >= 15 is 0 Å². The predicted octanol–water partition coefficient (Wildman–Crippen LogP) is 5.27. The summed E-state index contributed by atoms with van der Waals surface area (Å²) in [4.78, 5) is 22.4. The molecule has 0 atom stereocenters. The molecule has 2 saturated heterocycles. The van der Waals surface area contributed by atoms with Crippen molar-refractivity contribution < 1.29 is 9.53 Å². The SMILES string of the molecule is CNC(=O)Oc1c(CN2CCCC2)c2cccnc2n1C1CCN(C2CCC(=C(C)C)CC2)CC1. The predicted molar refractivity (Wildman–Crippen MR) is 140 cm³/mol. The van der Waals surface area contributed by atoms with Crippen molar-refractivity contribution in [1.29, 1.82) is 0 Å². The van der Waals surface area contributed by atoms with Gasteiger partial charge >= 0.3 is 6.09 Å². The van der Waals surface area contributed by atoms with Crippen LogP contribution >= 0.6 is 0 Å². The molecule has 35 heavy (non-hydrogen) atoms. The van der Waals surface area contributed by atoms with Crippen molar-refractivity contribution >= 4 is 17.1 Å². The molecule has 1 saturated carbocycles. The summed E-state index contributed by atoms with van der Waals surface area (Å²) < 4.78 is 8.22. The highest BCUT2D eigenvalue weighted by molar-refractivity contribution is 5.85. The van der Waals surface area contributed by atoms with Crippen molar-refractivity contribution in [2.24, 2.45) is 0 Å². The van der Waals surface area contributed by atoms with Crippen LogP contribution in [-0.2, 0) is 6.54 Å². The van der Waals surface area contributed by atoms with Crippen molar-refractivity contribution in [2.75, 3.05) is 33.2 Å². The second-order valence-corrected chi connectivity index (χ2v) is 10.8. The smallest absolute Gasteiger partial charge is 0.393 e. The first kappa shape index (κ1) is 24.3. The van der Waals surface area contributed by atoms with E-state index in [1.54, 1.807) is 12.6 Å². The van der Waals surface area contributed by atoms with Crippen LogP contribution in [0.3, 0.4) is 0 Å². The van der Waals surface area contributed by atoms with Crippen molar-refractivity contribution in [3.63, 3.8) is 0 Å². The summed E-state index contributed by atoms with van der Waals surface area (Å²) in [6.45, 7) is 9.69. The minimum atomic E-state index is -0.411. The van der Waals surface area contributed by atoms with E-state index in [0.29, 0.717) is 11.9 Å². The van der Waals surface area contributed by atoms with Crippen LogP contribution in [0.15, 0.2) is 29.5 Å². The molecule has 2 aromatic rings. The number of pyridine rings is 1. The first-order valence-corrected chi connectivity index (χ1v) is 13.5. The first-order valence-electron chi connectivity index (χ1n) is 13.5. The van der Waals surface area contributed by atoms with Crippen LogP contribution in [0.1, 0.15) is 76.8 Å². The molecule has 0 spiro atoms. The number of aromatic nitrogens is 2. The van der Waals surface area contributed by atoms with Crippen molar-refractivity contribution in [1.82, 2.24) is 24.7 Å². The zero-order chi connectivity index (χ0) is 24.4. The largest absolute Gasteiger partial charge is 0.413 e. The molecule has 1 amide bonds. The van der Waals surface area contributed by atoms with E-state index in [0.717, 1.165) is 62.2 Å². The number of ether oxygens (including phenoxy) is 1. The van der Waals surface area contributed by atoms with Gasteiger partial charge in [0.2, 0.25) is 5.88 Å². The minimum absolute atomic E-state index is 0.285. The maximum absolute atomic E-state index is 12.4. The topological polar surface area (TPSA) is 62.6 Å². The Balaban J connectivity index is 1.39. The van der Waals surface area contributed by atoms with E-state index in [-0.39, 0.29) is 6.04 Å². The van der Waals surface area contributed by atoms with Gasteiger partial charge < -0.3 is 15.0 Å². The lowest BCUT2D eigenvalue weighted by atomic mass is 9.86. The van der Waals surface area contributed by atoms with Gasteiger partial charge in [-0.15, -0.1) is 0 Å². The van der Waals surface area contributed by atoms with E-state index in [2.05, 4.69) is 39.6 Å². The molecular formula is C28H41N5O2. The van der Waals surface area contributed by atoms with Gasteiger partial charge in [-0.3, -0.25) is 9.47 Å². The standard InChI is InChI=1S/C28H41N5O2/c1-20(2)21-8-10-22(11-9-21)32-17-12-23(13-18-32)33-26-24(7-6-14-30-26)25(19-31-15-4-5-16-31)27(33)35-28(34)29-3/h6-7,14,22-23H,4-5,8-13,15-19H2,1-3H3,(H,29,34). The number of rotatable bonds is 5. The zero-order valence-corrected chi connectivity index (χ0v) is 21.7. The highest BCUT2D eigenvalue weighted by Crippen LogP contribution is 2.40. The average molecular weight is 480 g/mol. The number of piperidine rings is 1. The number of likely N-dealkylation sites (tertiary alicyclic amines) is 2. The molecular weight excluding hydrogens is 438 g/mol. The number of carbonyl (C=O) groups is 1. The summed E-state index contributed by atoms with van der Waals surface area (Å²) >= 11 is 0. The summed E-state index contributed by atoms with van der Waals surface area (Å²) in [5.74, 6) is 0.689. The lowest BCUT2D eigenvalue weighted by molar-refractivity contribution is 0.114. The molecule has 7 nitrogen and oxygen atoms in total. The van der Waals surface area contributed by atoms with Gasteiger partial charge in [0.15, 0.2) is 0 Å².